The summed E-state index contributed by atoms with van der Waals surface area (Å²) < 4.78 is 5.53. The molecular formula is C14H18N2O. The van der Waals surface area contributed by atoms with Gasteiger partial charge in [-0.3, -0.25) is 0 Å². The van der Waals surface area contributed by atoms with E-state index in [1.807, 2.05) is 44.3 Å². The van der Waals surface area contributed by atoms with Crippen LogP contribution in [0.25, 0.3) is 0 Å². The van der Waals surface area contributed by atoms with Gasteiger partial charge in [-0.15, -0.1) is 0 Å². The minimum Gasteiger partial charge on any atom is -0.465 e. The fraction of sp³-hybridized carbons (Fsp3) is 0.286. The number of anilines is 1. The maximum Gasteiger partial charge on any atom is 0.122 e. The quantitative estimate of drug-likeness (QED) is 0.878. The molecule has 1 unspecified atom stereocenters. The molecule has 0 saturated carbocycles. The van der Waals surface area contributed by atoms with E-state index in [9.17, 15) is 0 Å². The van der Waals surface area contributed by atoms with Crippen molar-refractivity contribution >= 4 is 5.69 Å². The average Bonchev–Trinajstić information content (AvgIpc) is 2.77. The summed E-state index contributed by atoms with van der Waals surface area (Å²) in [5.74, 6) is 1.74. The van der Waals surface area contributed by atoms with Gasteiger partial charge in [-0.25, -0.2) is 0 Å². The molecule has 2 aromatic rings. The van der Waals surface area contributed by atoms with Crippen molar-refractivity contribution in [3.8, 4) is 0 Å². The molecule has 90 valence electrons. The van der Waals surface area contributed by atoms with Gasteiger partial charge in [-0.1, -0.05) is 18.2 Å². The minimum absolute atomic E-state index is 0.103. The third kappa shape index (κ3) is 2.88. The van der Waals surface area contributed by atoms with Crippen LogP contribution in [-0.2, 0) is 0 Å². The fourth-order valence-electron chi connectivity index (χ4n) is 1.83. The first-order chi connectivity index (χ1) is 8.16. The summed E-state index contributed by atoms with van der Waals surface area (Å²) >= 11 is 0. The number of aryl methyl sites for hydroxylation is 1. The number of benzene rings is 1. The molecule has 0 fully saturated rings. The van der Waals surface area contributed by atoms with Gasteiger partial charge in [0.1, 0.15) is 11.5 Å². The lowest BCUT2D eigenvalue weighted by Crippen LogP contribution is -2.28. The van der Waals surface area contributed by atoms with Gasteiger partial charge in [-0.05, 0) is 31.2 Å². The molecule has 0 aliphatic rings. The van der Waals surface area contributed by atoms with E-state index in [4.69, 9.17) is 10.2 Å². The number of nitrogens with zero attached hydrogens (tertiary/aromatic N) is 1. The second kappa shape index (κ2) is 5.06. The van der Waals surface area contributed by atoms with Gasteiger partial charge in [0.25, 0.3) is 0 Å². The summed E-state index contributed by atoms with van der Waals surface area (Å²) in [7, 11) is 2.03. The Morgan fingerprint density at radius 2 is 1.88 bits per heavy atom. The van der Waals surface area contributed by atoms with Crippen LogP contribution in [0.2, 0.25) is 0 Å². The minimum atomic E-state index is -0.103. The molecule has 17 heavy (non-hydrogen) atoms. The first-order valence-corrected chi connectivity index (χ1v) is 5.75. The Kier molecular flexibility index (Phi) is 3.49. The standard InChI is InChI=1S/C14H18N2O/c1-11-8-9-14(17-11)13(15)10-16(2)12-6-4-3-5-7-12/h3-9,13H,10,15H2,1-2H3. The van der Waals surface area contributed by atoms with Crippen LogP contribution in [0.3, 0.4) is 0 Å². The van der Waals surface area contributed by atoms with Gasteiger partial charge in [0.15, 0.2) is 0 Å². The molecule has 0 spiro atoms. The summed E-state index contributed by atoms with van der Waals surface area (Å²) in [5.41, 5.74) is 7.27. The molecule has 0 radical (unpaired) electrons. The molecule has 0 saturated heterocycles. The van der Waals surface area contributed by atoms with Gasteiger partial charge in [0.05, 0.1) is 6.04 Å². The zero-order chi connectivity index (χ0) is 12.3. The number of nitrogens with two attached hydrogens (primary N) is 1. The van der Waals surface area contributed by atoms with Crippen molar-refractivity contribution in [2.75, 3.05) is 18.5 Å². The van der Waals surface area contributed by atoms with E-state index >= 15 is 0 Å². The largest absolute Gasteiger partial charge is 0.465 e. The summed E-state index contributed by atoms with van der Waals surface area (Å²) in [6, 6.07) is 14.0. The highest BCUT2D eigenvalue weighted by molar-refractivity contribution is 5.45. The highest BCUT2D eigenvalue weighted by atomic mass is 16.3. The van der Waals surface area contributed by atoms with Crippen molar-refractivity contribution in [2.24, 2.45) is 5.73 Å². The number of para-hydroxylation sites is 1. The molecule has 1 atom stereocenters. The lowest BCUT2D eigenvalue weighted by Gasteiger charge is -2.22. The molecule has 0 aliphatic carbocycles. The summed E-state index contributed by atoms with van der Waals surface area (Å²) in [4.78, 5) is 2.13. The van der Waals surface area contributed by atoms with E-state index in [2.05, 4.69) is 17.0 Å². The smallest absolute Gasteiger partial charge is 0.122 e. The molecule has 0 amide bonds. The van der Waals surface area contributed by atoms with Crippen LogP contribution in [0, 0.1) is 6.92 Å². The van der Waals surface area contributed by atoms with E-state index < -0.39 is 0 Å². The number of hydrogen-bond donors (Lipinski definition) is 1. The molecule has 1 aromatic heterocycles. The third-order valence-corrected chi connectivity index (χ3v) is 2.79. The second-order valence-electron chi connectivity index (χ2n) is 4.27. The van der Waals surface area contributed by atoms with Crippen LogP contribution in [0.4, 0.5) is 5.69 Å². The molecule has 2 rings (SSSR count). The predicted molar refractivity (Wildman–Crippen MR) is 70.1 cm³/mol. The number of likely N-dealkylation sites (N-methyl/N-ethyl adjacent to an activating group) is 1. The Morgan fingerprint density at radius 1 is 1.18 bits per heavy atom. The van der Waals surface area contributed by atoms with Crippen molar-refractivity contribution in [1.82, 2.24) is 0 Å². The van der Waals surface area contributed by atoms with Crippen LogP contribution >= 0.6 is 0 Å². The Labute approximate surface area is 102 Å². The predicted octanol–water partition coefficient (Wildman–Crippen LogP) is 2.72. The zero-order valence-electron chi connectivity index (χ0n) is 10.3. The molecule has 0 bridgehead atoms. The lowest BCUT2D eigenvalue weighted by atomic mass is 10.2. The van der Waals surface area contributed by atoms with E-state index in [0.717, 1.165) is 23.8 Å². The SMILES string of the molecule is Cc1ccc(C(N)CN(C)c2ccccc2)o1. The van der Waals surface area contributed by atoms with Crippen LogP contribution < -0.4 is 10.6 Å². The van der Waals surface area contributed by atoms with Crippen LogP contribution in [0.5, 0.6) is 0 Å². The van der Waals surface area contributed by atoms with E-state index in [-0.39, 0.29) is 6.04 Å². The molecule has 3 nitrogen and oxygen atoms in total. The molecule has 2 N–H and O–H groups in total. The van der Waals surface area contributed by atoms with Crippen molar-refractivity contribution in [3.63, 3.8) is 0 Å². The number of rotatable bonds is 4. The van der Waals surface area contributed by atoms with Crippen LogP contribution in [-0.4, -0.2) is 13.6 Å². The molecule has 1 aromatic carbocycles. The van der Waals surface area contributed by atoms with E-state index in [0.29, 0.717) is 0 Å². The van der Waals surface area contributed by atoms with Gasteiger partial charge < -0.3 is 15.1 Å². The molecule has 0 aliphatic heterocycles. The van der Waals surface area contributed by atoms with Crippen molar-refractivity contribution in [3.05, 3.63) is 54.0 Å². The van der Waals surface area contributed by atoms with Crippen LogP contribution in [0.15, 0.2) is 46.9 Å². The van der Waals surface area contributed by atoms with Crippen molar-refractivity contribution < 1.29 is 4.42 Å². The number of furan rings is 1. The second-order valence-corrected chi connectivity index (χ2v) is 4.27. The lowest BCUT2D eigenvalue weighted by molar-refractivity contribution is 0.446. The molecular weight excluding hydrogens is 212 g/mol. The highest BCUT2D eigenvalue weighted by Gasteiger charge is 2.12. The molecule has 3 heteroatoms. The topological polar surface area (TPSA) is 42.4 Å². The van der Waals surface area contributed by atoms with Crippen LogP contribution in [0.1, 0.15) is 17.6 Å². The monoisotopic (exact) mass is 230 g/mol. The zero-order valence-corrected chi connectivity index (χ0v) is 10.3. The van der Waals surface area contributed by atoms with Gasteiger partial charge in [-0.2, -0.15) is 0 Å². The Morgan fingerprint density at radius 3 is 2.47 bits per heavy atom. The summed E-state index contributed by atoms with van der Waals surface area (Å²) in [6.45, 7) is 2.66. The Bertz CT molecular complexity index is 464. The van der Waals surface area contributed by atoms with Gasteiger partial charge in [0, 0.05) is 19.3 Å². The summed E-state index contributed by atoms with van der Waals surface area (Å²) in [6.07, 6.45) is 0. The maximum absolute atomic E-state index is 6.11. The third-order valence-electron chi connectivity index (χ3n) is 2.79. The normalized spacial score (nSPS) is 12.4. The van der Waals surface area contributed by atoms with Gasteiger partial charge in [0.2, 0.25) is 0 Å². The first-order valence-electron chi connectivity index (χ1n) is 5.75. The van der Waals surface area contributed by atoms with E-state index in [1.165, 1.54) is 0 Å². The highest BCUT2D eigenvalue weighted by Crippen LogP contribution is 2.18. The molecule has 1 heterocycles. The average molecular weight is 230 g/mol. The van der Waals surface area contributed by atoms with Gasteiger partial charge >= 0.3 is 0 Å². The first kappa shape index (κ1) is 11.7. The Balaban J connectivity index is 2.02. The fourth-order valence-corrected chi connectivity index (χ4v) is 1.83. The summed E-state index contributed by atoms with van der Waals surface area (Å²) in [5, 5.41) is 0. The maximum atomic E-state index is 6.11. The van der Waals surface area contributed by atoms with E-state index in [1.54, 1.807) is 0 Å². The Hall–Kier alpha value is -1.74. The number of hydrogen-bond acceptors (Lipinski definition) is 3. The van der Waals surface area contributed by atoms with Crippen molar-refractivity contribution in [2.45, 2.75) is 13.0 Å². The van der Waals surface area contributed by atoms with Crippen molar-refractivity contribution in [1.29, 1.82) is 0 Å².